The van der Waals surface area contributed by atoms with Gasteiger partial charge in [0.1, 0.15) is 0 Å². The van der Waals surface area contributed by atoms with Gasteiger partial charge in [-0.1, -0.05) is 122 Å². The van der Waals surface area contributed by atoms with Crippen LogP contribution in [-0.4, -0.2) is 0 Å². The van der Waals surface area contributed by atoms with Crippen molar-refractivity contribution in [2.24, 2.45) is 0 Å². The highest BCUT2D eigenvalue weighted by molar-refractivity contribution is 5.84. The maximum absolute atomic E-state index is 2.39. The molecule has 1 aliphatic rings. The highest BCUT2D eigenvalue weighted by atomic mass is 15.1. The average Bonchev–Trinajstić information content (AvgIpc) is 3.19. The van der Waals surface area contributed by atoms with Crippen molar-refractivity contribution in [1.29, 1.82) is 0 Å². The van der Waals surface area contributed by atoms with Crippen LogP contribution in [0.1, 0.15) is 30.4 Å². The van der Waals surface area contributed by atoms with Gasteiger partial charge in [0.25, 0.3) is 0 Å². The van der Waals surface area contributed by atoms with Gasteiger partial charge < -0.3 is 4.90 Å². The summed E-state index contributed by atoms with van der Waals surface area (Å²) in [5.74, 6) is 0.495. The van der Waals surface area contributed by atoms with E-state index in [0.29, 0.717) is 5.92 Å². The molecule has 0 bridgehead atoms. The van der Waals surface area contributed by atoms with Crippen molar-refractivity contribution in [3.63, 3.8) is 0 Å². The number of benzene rings is 6. The van der Waals surface area contributed by atoms with Crippen LogP contribution in [0.2, 0.25) is 0 Å². The zero-order valence-corrected chi connectivity index (χ0v) is 23.4. The smallest absolute Gasteiger partial charge is 0.0467 e. The normalized spacial score (nSPS) is 14.0. The summed E-state index contributed by atoms with van der Waals surface area (Å²) in [7, 11) is 0. The predicted octanol–water partition coefficient (Wildman–Crippen LogP) is 11.2. The lowest BCUT2D eigenvalue weighted by atomic mass is 9.85. The first-order valence-electron chi connectivity index (χ1n) is 14.6. The largest absolute Gasteiger partial charge is 0.310 e. The molecule has 1 heteroatoms. The molecule has 1 atom stereocenters. The van der Waals surface area contributed by atoms with Crippen LogP contribution in [0, 0.1) is 0 Å². The van der Waals surface area contributed by atoms with E-state index < -0.39 is 0 Å². The van der Waals surface area contributed by atoms with Gasteiger partial charge in [0.15, 0.2) is 0 Å². The number of rotatable bonds is 5. The lowest BCUT2D eigenvalue weighted by molar-refractivity contribution is 0.690. The highest BCUT2D eigenvalue weighted by Crippen LogP contribution is 2.44. The number of aryl methyl sites for hydroxylation is 1. The van der Waals surface area contributed by atoms with Crippen LogP contribution in [-0.2, 0) is 6.42 Å². The summed E-state index contributed by atoms with van der Waals surface area (Å²) in [6.07, 6.45) is 2.29. The average molecular weight is 528 g/mol. The fraction of sp³-hybridized carbons (Fsp3) is 0.100. The first-order valence-corrected chi connectivity index (χ1v) is 14.6. The summed E-state index contributed by atoms with van der Waals surface area (Å²) >= 11 is 0. The van der Waals surface area contributed by atoms with Crippen molar-refractivity contribution in [3.05, 3.63) is 163 Å². The van der Waals surface area contributed by atoms with Crippen molar-refractivity contribution in [2.75, 3.05) is 4.90 Å². The Morgan fingerprint density at radius 3 is 1.85 bits per heavy atom. The minimum atomic E-state index is 0.495. The maximum Gasteiger partial charge on any atom is 0.0467 e. The lowest BCUT2D eigenvalue weighted by Gasteiger charge is -2.26. The number of hydrogen-bond donors (Lipinski definition) is 0. The Morgan fingerprint density at radius 1 is 0.463 bits per heavy atom. The third kappa shape index (κ3) is 4.85. The van der Waals surface area contributed by atoms with E-state index in [-0.39, 0.29) is 0 Å². The first kappa shape index (κ1) is 25.1. The first-order chi connectivity index (χ1) is 20.3. The van der Waals surface area contributed by atoms with E-state index in [0.717, 1.165) is 23.5 Å². The Kier molecular flexibility index (Phi) is 6.70. The topological polar surface area (TPSA) is 3.24 Å². The van der Waals surface area contributed by atoms with Crippen LogP contribution < -0.4 is 4.90 Å². The van der Waals surface area contributed by atoms with Crippen molar-refractivity contribution in [3.8, 4) is 33.4 Å². The molecule has 0 aromatic heterocycles. The zero-order valence-electron chi connectivity index (χ0n) is 23.4. The second-order valence-electron chi connectivity index (χ2n) is 11.0. The van der Waals surface area contributed by atoms with E-state index in [1.165, 1.54) is 50.9 Å². The molecule has 41 heavy (non-hydrogen) atoms. The van der Waals surface area contributed by atoms with Gasteiger partial charge in [0.2, 0.25) is 0 Å². The predicted molar refractivity (Wildman–Crippen MR) is 174 cm³/mol. The van der Waals surface area contributed by atoms with Gasteiger partial charge in [-0.05, 0) is 99.7 Å². The standard InChI is InChI=1S/C40H33N/c1-29-22-23-31-14-8-9-19-37(31)39-21-11-20-38(40(29)39)32-24-26-35(27-25-32)41(34-16-6-3-7-17-34)36-18-10-15-33(28-36)30-12-4-2-5-13-30/h2-21,24-29H,22-23H2,1H3. The monoisotopic (exact) mass is 527 g/mol. The van der Waals surface area contributed by atoms with E-state index in [4.69, 9.17) is 0 Å². The fourth-order valence-electron chi connectivity index (χ4n) is 6.37. The van der Waals surface area contributed by atoms with Crippen molar-refractivity contribution in [2.45, 2.75) is 25.7 Å². The van der Waals surface area contributed by atoms with Gasteiger partial charge in [0, 0.05) is 17.1 Å². The minimum absolute atomic E-state index is 0.495. The molecule has 0 aliphatic heterocycles. The molecule has 0 radical (unpaired) electrons. The summed E-state index contributed by atoms with van der Waals surface area (Å²) < 4.78 is 0. The number of hydrogen-bond acceptors (Lipinski definition) is 1. The van der Waals surface area contributed by atoms with Crippen LogP contribution in [0.4, 0.5) is 17.1 Å². The highest BCUT2D eigenvalue weighted by Gasteiger charge is 2.23. The van der Waals surface area contributed by atoms with Gasteiger partial charge in [-0.3, -0.25) is 0 Å². The molecule has 1 unspecified atom stereocenters. The second-order valence-corrected chi connectivity index (χ2v) is 11.0. The maximum atomic E-state index is 2.39. The van der Waals surface area contributed by atoms with Crippen molar-refractivity contribution >= 4 is 17.1 Å². The molecule has 0 saturated heterocycles. The molecule has 0 heterocycles. The Hall–Kier alpha value is -4.88. The molecular weight excluding hydrogens is 494 g/mol. The van der Waals surface area contributed by atoms with Crippen LogP contribution >= 0.6 is 0 Å². The van der Waals surface area contributed by atoms with E-state index >= 15 is 0 Å². The van der Waals surface area contributed by atoms with Gasteiger partial charge >= 0.3 is 0 Å². The molecule has 1 aliphatic carbocycles. The molecule has 0 saturated carbocycles. The third-order valence-corrected chi connectivity index (χ3v) is 8.42. The minimum Gasteiger partial charge on any atom is -0.310 e. The number of anilines is 3. The van der Waals surface area contributed by atoms with E-state index in [2.05, 4.69) is 163 Å². The molecule has 0 fully saturated rings. The van der Waals surface area contributed by atoms with Gasteiger partial charge in [-0.2, -0.15) is 0 Å². The van der Waals surface area contributed by atoms with Gasteiger partial charge in [-0.25, -0.2) is 0 Å². The summed E-state index contributed by atoms with van der Waals surface area (Å²) in [5, 5.41) is 0. The van der Waals surface area contributed by atoms with Crippen LogP contribution in [0.25, 0.3) is 33.4 Å². The fourth-order valence-corrected chi connectivity index (χ4v) is 6.37. The Balaban J connectivity index is 1.31. The number of fused-ring (bicyclic) bond motifs is 3. The number of nitrogens with zero attached hydrogens (tertiary/aromatic N) is 1. The van der Waals surface area contributed by atoms with Gasteiger partial charge in [0.05, 0.1) is 0 Å². The van der Waals surface area contributed by atoms with Crippen LogP contribution in [0.15, 0.2) is 152 Å². The van der Waals surface area contributed by atoms with Crippen LogP contribution in [0.5, 0.6) is 0 Å². The molecule has 1 nitrogen and oxygen atoms in total. The molecule has 6 aromatic carbocycles. The molecule has 198 valence electrons. The molecule has 6 aromatic rings. The summed E-state index contributed by atoms with van der Waals surface area (Å²) in [6.45, 7) is 2.39. The Morgan fingerprint density at radius 2 is 1.05 bits per heavy atom. The Labute approximate surface area is 243 Å². The molecule has 0 amide bonds. The zero-order chi connectivity index (χ0) is 27.6. The van der Waals surface area contributed by atoms with Crippen molar-refractivity contribution < 1.29 is 0 Å². The molecular formula is C40H33N. The lowest BCUT2D eigenvalue weighted by Crippen LogP contribution is -2.09. The second kappa shape index (κ2) is 10.9. The summed E-state index contributed by atoms with van der Waals surface area (Å²) in [6, 6.07) is 55.0. The van der Waals surface area contributed by atoms with E-state index in [1.54, 1.807) is 0 Å². The summed E-state index contributed by atoms with van der Waals surface area (Å²) in [5.41, 5.74) is 14.2. The molecule has 0 spiro atoms. The Bertz CT molecular complexity index is 1790. The van der Waals surface area contributed by atoms with E-state index in [1.807, 2.05) is 0 Å². The molecule has 7 rings (SSSR count). The molecule has 0 N–H and O–H groups in total. The third-order valence-electron chi connectivity index (χ3n) is 8.42. The van der Waals surface area contributed by atoms with E-state index in [9.17, 15) is 0 Å². The number of para-hydroxylation sites is 1. The van der Waals surface area contributed by atoms with Crippen molar-refractivity contribution in [1.82, 2.24) is 0 Å². The van der Waals surface area contributed by atoms with Gasteiger partial charge in [-0.15, -0.1) is 0 Å². The quantitative estimate of drug-likeness (QED) is 0.215. The SMILES string of the molecule is CC1CCc2ccccc2-c2cccc(-c3ccc(N(c4ccccc4)c4cccc(-c5ccccc5)c4)cc3)c21. The summed E-state index contributed by atoms with van der Waals surface area (Å²) in [4.78, 5) is 2.35. The van der Waals surface area contributed by atoms with Crippen LogP contribution in [0.3, 0.4) is 0 Å².